The summed E-state index contributed by atoms with van der Waals surface area (Å²) in [5, 5.41) is 0. The van der Waals surface area contributed by atoms with Crippen LogP contribution in [0.3, 0.4) is 0 Å². The monoisotopic (exact) mass is 373 g/mol. The lowest BCUT2D eigenvalue weighted by molar-refractivity contribution is -0.651. The number of likely N-dealkylation sites (tertiary alicyclic amines) is 1. The van der Waals surface area contributed by atoms with Gasteiger partial charge in [0.25, 0.3) is 11.8 Å². The molecule has 1 amide bonds. The summed E-state index contributed by atoms with van der Waals surface area (Å²) in [7, 11) is 0. The molecule has 2 heterocycles. The lowest BCUT2D eigenvalue weighted by atomic mass is 10.1. The van der Waals surface area contributed by atoms with Crippen LogP contribution in [0, 0.1) is 6.92 Å². The summed E-state index contributed by atoms with van der Waals surface area (Å²) in [5.41, 5.74) is -0.586. The molecule has 1 aliphatic rings. The van der Waals surface area contributed by atoms with Crippen LogP contribution in [0.4, 0.5) is 22.0 Å². The van der Waals surface area contributed by atoms with Gasteiger partial charge in [-0.3, -0.25) is 4.79 Å². The van der Waals surface area contributed by atoms with E-state index in [0.717, 1.165) is 32.7 Å². The summed E-state index contributed by atoms with van der Waals surface area (Å²) in [6, 6.07) is 3.82. The Morgan fingerprint density at radius 1 is 1.31 bits per heavy atom. The smallest absolute Gasteiger partial charge is 0.327 e. The van der Waals surface area contributed by atoms with Gasteiger partial charge in [0.05, 0.1) is 18.7 Å². The van der Waals surface area contributed by atoms with Gasteiger partial charge in [-0.05, 0) is 24.0 Å². The Hall–Kier alpha value is -2.78. The van der Waals surface area contributed by atoms with Crippen molar-refractivity contribution in [2.24, 2.45) is 0 Å². The molecule has 3 rings (SSSR count). The normalized spacial score (nSPS) is 16.8. The fourth-order valence-electron chi connectivity index (χ4n) is 2.56. The first-order valence-corrected chi connectivity index (χ1v) is 7.54. The van der Waals surface area contributed by atoms with E-state index in [4.69, 9.17) is 0 Å². The van der Waals surface area contributed by atoms with Gasteiger partial charge in [-0.15, -0.1) is 9.36 Å². The van der Waals surface area contributed by atoms with E-state index in [1.807, 2.05) is 0 Å². The molecule has 1 saturated heterocycles. The average Bonchev–Trinajstić information content (AvgIpc) is 2.97. The molecule has 0 bridgehead atoms. The zero-order valence-corrected chi connectivity index (χ0v) is 13.5. The zero-order chi connectivity index (χ0) is 19.1. The maximum atomic E-state index is 13.3. The number of aromatic nitrogens is 3. The van der Waals surface area contributed by atoms with Crippen molar-refractivity contribution in [3.63, 3.8) is 0 Å². The van der Waals surface area contributed by atoms with Crippen LogP contribution in [0.2, 0.25) is 0 Å². The maximum absolute atomic E-state index is 13.3. The lowest BCUT2D eigenvalue weighted by Crippen LogP contribution is -2.58. The van der Waals surface area contributed by atoms with Gasteiger partial charge in [-0.2, -0.15) is 13.2 Å². The maximum Gasteiger partial charge on any atom is 0.418 e. The topological polar surface area (TPSA) is 42.0 Å². The predicted octanol–water partition coefficient (Wildman–Crippen LogP) is 2.44. The fourth-order valence-corrected chi connectivity index (χ4v) is 2.56. The first kappa shape index (κ1) is 18.0. The second kappa shape index (κ2) is 6.19. The molecular weight excluding hydrogens is 359 g/mol. The second-order valence-corrected chi connectivity index (χ2v) is 5.99. The van der Waals surface area contributed by atoms with E-state index in [-0.39, 0.29) is 5.69 Å². The van der Waals surface area contributed by atoms with Crippen LogP contribution >= 0.6 is 0 Å². The molecule has 1 fully saturated rings. The van der Waals surface area contributed by atoms with Gasteiger partial charge < -0.3 is 4.90 Å². The van der Waals surface area contributed by atoms with Crippen LogP contribution in [0.5, 0.6) is 0 Å². The van der Waals surface area contributed by atoms with Crippen LogP contribution in [-0.2, 0) is 11.0 Å². The Balaban J connectivity index is 1.88. The van der Waals surface area contributed by atoms with Crippen molar-refractivity contribution in [3.8, 4) is 5.69 Å². The molecule has 1 aliphatic heterocycles. The summed E-state index contributed by atoms with van der Waals surface area (Å²) in [6.45, 7) is 0.203. The standard InChI is InChI=1S/C16H14F5N4O/c1-11-2-3-13(12(6-11)16(19,20)21)25-10-22-9-24(25)5-4-14(26)23-7-15(17,18)8-23/h2-6,9-10H,7-8H2,1H3/q+1/b5-4-. The predicted molar refractivity (Wildman–Crippen MR) is 80.4 cm³/mol. The lowest BCUT2D eigenvalue weighted by Gasteiger charge is -2.37. The Morgan fingerprint density at radius 2 is 2.00 bits per heavy atom. The fraction of sp³-hybridized carbons (Fsp3) is 0.312. The highest BCUT2D eigenvalue weighted by molar-refractivity contribution is 5.90. The Bertz CT molecular complexity index is 864. The number of carbonyl (C=O) groups is 1. The molecule has 0 spiro atoms. The summed E-state index contributed by atoms with van der Waals surface area (Å²) in [5.74, 6) is -3.54. The van der Waals surface area contributed by atoms with Crippen LogP contribution in [0.15, 0.2) is 36.9 Å². The number of halogens is 5. The molecule has 0 saturated carbocycles. The Kier molecular flexibility index (Phi) is 4.29. The Labute approximate surface area is 144 Å². The molecule has 1 aromatic heterocycles. The molecular formula is C16H14F5N4O+. The van der Waals surface area contributed by atoms with Gasteiger partial charge in [0.2, 0.25) is 6.33 Å². The number of hydrogen-bond donors (Lipinski definition) is 0. The summed E-state index contributed by atoms with van der Waals surface area (Å²) in [6.07, 6.45) is -0.0338. The number of alkyl halides is 5. The van der Waals surface area contributed by atoms with E-state index in [9.17, 15) is 26.7 Å². The highest BCUT2D eigenvalue weighted by atomic mass is 19.4. The first-order valence-electron chi connectivity index (χ1n) is 7.54. The van der Waals surface area contributed by atoms with Gasteiger partial charge >= 0.3 is 12.5 Å². The van der Waals surface area contributed by atoms with E-state index in [2.05, 4.69) is 4.98 Å². The van der Waals surface area contributed by atoms with E-state index < -0.39 is 36.7 Å². The molecule has 0 aliphatic carbocycles. The number of rotatable bonds is 3. The summed E-state index contributed by atoms with van der Waals surface area (Å²) < 4.78 is 67.8. The number of carbonyl (C=O) groups excluding carboxylic acids is 1. The second-order valence-electron chi connectivity index (χ2n) is 5.99. The third kappa shape index (κ3) is 3.58. The molecule has 0 radical (unpaired) electrons. The van der Waals surface area contributed by atoms with Gasteiger partial charge in [0.1, 0.15) is 11.9 Å². The molecule has 5 nitrogen and oxygen atoms in total. The van der Waals surface area contributed by atoms with Crippen LogP contribution < -0.4 is 4.68 Å². The highest BCUT2D eigenvalue weighted by Crippen LogP contribution is 2.34. The highest BCUT2D eigenvalue weighted by Gasteiger charge is 2.45. The van der Waals surface area contributed by atoms with Crippen molar-refractivity contribution in [2.45, 2.75) is 19.0 Å². The largest absolute Gasteiger partial charge is 0.418 e. The van der Waals surface area contributed by atoms with Crippen molar-refractivity contribution >= 4 is 12.1 Å². The first-order chi connectivity index (χ1) is 12.1. The summed E-state index contributed by atoms with van der Waals surface area (Å²) in [4.78, 5) is 16.5. The minimum Gasteiger partial charge on any atom is -0.327 e. The number of amides is 1. The van der Waals surface area contributed by atoms with Crippen molar-refractivity contribution in [3.05, 3.63) is 48.1 Å². The van der Waals surface area contributed by atoms with Crippen LogP contribution in [0.1, 0.15) is 11.1 Å². The quantitative estimate of drug-likeness (QED) is 0.471. The van der Waals surface area contributed by atoms with Gasteiger partial charge in [0, 0.05) is 6.08 Å². The molecule has 1 aromatic carbocycles. The van der Waals surface area contributed by atoms with Crippen molar-refractivity contribution < 1.29 is 31.4 Å². The minimum atomic E-state index is -4.58. The molecule has 0 N–H and O–H groups in total. The third-order valence-corrected chi connectivity index (χ3v) is 3.84. The SMILES string of the molecule is Cc1ccc(-n2cnc[n+]2/C=C\C(=O)N2CC(F)(F)C2)c(C(F)(F)F)c1. The molecule has 2 aromatic rings. The van der Waals surface area contributed by atoms with Crippen molar-refractivity contribution in [2.75, 3.05) is 13.1 Å². The summed E-state index contributed by atoms with van der Waals surface area (Å²) >= 11 is 0. The molecule has 138 valence electrons. The van der Waals surface area contributed by atoms with Gasteiger partial charge in [-0.1, -0.05) is 11.6 Å². The average molecular weight is 373 g/mol. The zero-order valence-electron chi connectivity index (χ0n) is 13.5. The van der Waals surface area contributed by atoms with Crippen molar-refractivity contribution in [1.82, 2.24) is 14.6 Å². The Morgan fingerprint density at radius 3 is 2.62 bits per heavy atom. The number of benzene rings is 1. The van der Waals surface area contributed by atoms with Gasteiger partial charge in [-0.25, -0.2) is 8.78 Å². The van der Waals surface area contributed by atoms with Crippen LogP contribution in [0.25, 0.3) is 11.9 Å². The molecule has 0 unspecified atom stereocenters. The number of aryl methyl sites for hydroxylation is 1. The number of hydrogen-bond acceptors (Lipinski definition) is 2. The molecule has 26 heavy (non-hydrogen) atoms. The van der Waals surface area contributed by atoms with E-state index >= 15 is 0 Å². The third-order valence-electron chi connectivity index (χ3n) is 3.84. The van der Waals surface area contributed by atoms with Crippen molar-refractivity contribution in [1.29, 1.82) is 0 Å². The van der Waals surface area contributed by atoms with Crippen LogP contribution in [-0.4, -0.2) is 39.5 Å². The van der Waals surface area contributed by atoms with E-state index in [1.54, 1.807) is 6.92 Å². The molecule has 10 heteroatoms. The number of nitrogens with zero attached hydrogens (tertiary/aromatic N) is 4. The van der Waals surface area contributed by atoms with Gasteiger partial charge in [0.15, 0.2) is 0 Å². The molecule has 0 atom stereocenters. The minimum absolute atomic E-state index is 0.173. The van der Waals surface area contributed by atoms with E-state index in [1.165, 1.54) is 24.7 Å². The van der Waals surface area contributed by atoms with E-state index in [0.29, 0.717) is 5.56 Å².